The van der Waals surface area contributed by atoms with Crippen molar-refractivity contribution in [3.8, 4) is 11.3 Å². The van der Waals surface area contributed by atoms with E-state index in [2.05, 4.69) is 35.0 Å². The van der Waals surface area contributed by atoms with E-state index < -0.39 is 17.6 Å². The molecule has 32 heavy (non-hydrogen) atoms. The molecule has 4 heterocycles. The molecule has 0 saturated carbocycles. The number of aromatic amines is 2. The van der Waals surface area contributed by atoms with Gasteiger partial charge in [-0.15, -0.1) is 0 Å². The Balaban J connectivity index is 1.36. The topological polar surface area (TPSA) is 86.4 Å². The summed E-state index contributed by atoms with van der Waals surface area (Å²) < 4.78 is 53.0. The summed E-state index contributed by atoms with van der Waals surface area (Å²) >= 11 is 0. The smallest absolute Gasteiger partial charge is 0.356 e. The number of nitrogens with zero attached hydrogens (tertiary/aromatic N) is 5. The number of hydrogen-bond donors (Lipinski definition) is 2. The molecule has 0 atom stereocenters. The Bertz CT molecular complexity index is 1270. The summed E-state index contributed by atoms with van der Waals surface area (Å²) in [4.78, 5) is 18.5. The minimum absolute atomic E-state index is 0.128. The van der Waals surface area contributed by atoms with Crippen LogP contribution in [0.25, 0.3) is 22.3 Å². The van der Waals surface area contributed by atoms with Crippen molar-refractivity contribution in [1.29, 1.82) is 0 Å². The first kappa shape index (κ1) is 20.4. The van der Waals surface area contributed by atoms with Gasteiger partial charge in [-0.1, -0.05) is 0 Å². The second kappa shape index (κ2) is 7.57. The fourth-order valence-corrected chi connectivity index (χ4v) is 4.22. The van der Waals surface area contributed by atoms with Crippen molar-refractivity contribution in [1.82, 2.24) is 30.1 Å². The highest BCUT2D eigenvalue weighted by atomic mass is 19.4. The Morgan fingerprint density at radius 3 is 2.66 bits per heavy atom. The Morgan fingerprint density at radius 2 is 1.91 bits per heavy atom. The van der Waals surface area contributed by atoms with Gasteiger partial charge >= 0.3 is 6.18 Å². The maximum atomic E-state index is 13.7. The molecule has 0 aliphatic carbocycles. The van der Waals surface area contributed by atoms with E-state index in [0.717, 1.165) is 55.1 Å². The van der Waals surface area contributed by atoms with Gasteiger partial charge in [-0.05, 0) is 38.0 Å². The molecule has 7 nitrogen and oxygen atoms in total. The van der Waals surface area contributed by atoms with Crippen LogP contribution in [0.2, 0.25) is 0 Å². The third kappa shape index (κ3) is 3.57. The van der Waals surface area contributed by atoms with Crippen molar-refractivity contribution >= 4 is 16.9 Å². The number of aromatic nitrogens is 6. The minimum atomic E-state index is -4.76. The van der Waals surface area contributed by atoms with Crippen LogP contribution >= 0.6 is 0 Å². The molecule has 166 valence electrons. The predicted molar refractivity (Wildman–Crippen MR) is 110 cm³/mol. The van der Waals surface area contributed by atoms with Crippen molar-refractivity contribution < 1.29 is 17.6 Å². The Kier molecular flexibility index (Phi) is 4.83. The van der Waals surface area contributed by atoms with Gasteiger partial charge in [-0.2, -0.15) is 18.3 Å². The van der Waals surface area contributed by atoms with E-state index in [9.17, 15) is 17.6 Å². The van der Waals surface area contributed by atoms with E-state index in [4.69, 9.17) is 0 Å². The zero-order chi connectivity index (χ0) is 22.5. The molecule has 0 amide bonds. The number of benzene rings is 1. The van der Waals surface area contributed by atoms with Crippen LogP contribution in [-0.4, -0.2) is 43.2 Å². The second-order valence-corrected chi connectivity index (χ2v) is 7.88. The molecule has 4 aromatic rings. The van der Waals surface area contributed by atoms with Crippen LogP contribution in [0.1, 0.15) is 35.8 Å². The largest absolute Gasteiger partial charge is 0.419 e. The van der Waals surface area contributed by atoms with Crippen LogP contribution in [0, 0.1) is 12.7 Å². The first-order valence-corrected chi connectivity index (χ1v) is 10.1. The summed E-state index contributed by atoms with van der Waals surface area (Å²) in [6.45, 7) is 3.24. The van der Waals surface area contributed by atoms with Gasteiger partial charge in [0.15, 0.2) is 5.65 Å². The standard InChI is InChI=1S/C21H19F4N7/c1-11-17(13-2-3-16(22)15(8-13)21(23,24)25)30-18(29-11)12-4-6-32(7-5-12)20-14-9-28-31-19(14)26-10-27-20/h2-3,8-10,12H,4-7H2,1H3,(H,29,30)(H,26,27,28,31). The summed E-state index contributed by atoms with van der Waals surface area (Å²) in [5, 5.41) is 7.72. The molecule has 0 unspecified atom stereocenters. The van der Waals surface area contributed by atoms with E-state index in [1.54, 1.807) is 13.1 Å². The van der Waals surface area contributed by atoms with Crippen molar-refractivity contribution in [2.45, 2.75) is 31.9 Å². The highest BCUT2D eigenvalue weighted by Crippen LogP contribution is 2.36. The highest BCUT2D eigenvalue weighted by molar-refractivity contribution is 5.86. The number of anilines is 1. The minimum Gasteiger partial charge on any atom is -0.356 e. The molecule has 11 heteroatoms. The van der Waals surface area contributed by atoms with Crippen LogP contribution in [0.15, 0.2) is 30.7 Å². The fraction of sp³-hybridized carbons (Fsp3) is 0.333. The predicted octanol–water partition coefficient (Wildman–Crippen LogP) is 4.59. The third-order valence-corrected chi connectivity index (χ3v) is 5.86. The lowest BCUT2D eigenvalue weighted by Gasteiger charge is -2.32. The van der Waals surface area contributed by atoms with Gasteiger partial charge in [0.05, 0.1) is 22.8 Å². The van der Waals surface area contributed by atoms with Gasteiger partial charge in [0.2, 0.25) is 0 Å². The normalized spacial score (nSPS) is 15.6. The first-order chi connectivity index (χ1) is 15.3. The monoisotopic (exact) mass is 445 g/mol. The maximum absolute atomic E-state index is 13.7. The van der Waals surface area contributed by atoms with Crippen molar-refractivity contribution in [3.63, 3.8) is 0 Å². The lowest BCUT2D eigenvalue weighted by atomic mass is 9.96. The van der Waals surface area contributed by atoms with Crippen LogP contribution in [0.3, 0.4) is 0 Å². The SMILES string of the molecule is Cc1[nH]c(C2CCN(c3ncnc4[nH]ncc34)CC2)nc1-c1ccc(F)c(C(F)(F)F)c1. The number of hydrogen-bond acceptors (Lipinski definition) is 5. The van der Waals surface area contributed by atoms with Crippen LogP contribution in [0.4, 0.5) is 23.4 Å². The van der Waals surface area contributed by atoms with Gasteiger partial charge in [-0.3, -0.25) is 5.10 Å². The lowest BCUT2D eigenvalue weighted by molar-refractivity contribution is -0.139. The van der Waals surface area contributed by atoms with Gasteiger partial charge in [-0.25, -0.2) is 19.3 Å². The molecule has 3 aromatic heterocycles. The Labute approximate surface area is 179 Å². The Hall–Kier alpha value is -3.50. The molecular weight excluding hydrogens is 426 g/mol. The summed E-state index contributed by atoms with van der Waals surface area (Å²) in [5.74, 6) is 0.386. The quantitative estimate of drug-likeness (QED) is 0.451. The zero-order valence-corrected chi connectivity index (χ0v) is 17.0. The number of imidazole rings is 1. The molecule has 2 N–H and O–H groups in total. The summed E-state index contributed by atoms with van der Waals surface area (Å²) in [5.41, 5.74) is 0.685. The van der Waals surface area contributed by atoms with Crippen molar-refractivity contribution in [2.24, 2.45) is 0 Å². The van der Waals surface area contributed by atoms with Gasteiger partial charge < -0.3 is 9.88 Å². The van der Waals surface area contributed by atoms with Gasteiger partial charge in [0.1, 0.15) is 23.8 Å². The lowest BCUT2D eigenvalue weighted by Crippen LogP contribution is -2.33. The molecule has 5 rings (SSSR count). The number of piperidine rings is 1. The number of alkyl halides is 3. The molecule has 1 aliphatic heterocycles. The summed E-state index contributed by atoms with van der Waals surface area (Å²) in [6.07, 6.45) is 0.0418. The number of fused-ring (bicyclic) bond motifs is 1. The number of nitrogens with one attached hydrogen (secondary N) is 2. The number of aryl methyl sites for hydroxylation is 1. The molecule has 0 radical (unpaired) electrons. The van der Waals surface area contributed by atoms with Gasteiger partial charge in [0, 0.05) is 30.3 Å². The zero-order valence-electron chi connectivity index (χ0n) is 17.0. The average Bonchev–Trinajstić information content (AvgIpc) is 3.40. The molecule has 1 aliphatic rings. The van der Waals surface area contributed by atoms with Gasteiger partial charge in [0.25, 0.3) is 0 Å². The molecule has 1 aromatic carbocycles. The Morgan fingerprint density at radius 1 is 1.12 bits per heavy atom. The van der Waals surface area contributed by atoms with Crippen LogP contribution < -0.4 is 4.90 Å². The van der Waals surface area contributed by atoms with Crippen molar-refractivity contribution in [3.05, 3.63) is 53.6 Å². The number of H-pyrrole nitrogens is 2. The second-order valence-electron chi connectivity index (χ2n) is 7.88. The van der Waals surface area contributed by atoms with E-state index >= 15 is 0 Å². The van der Waals surface area contributed by atoms with Crippen LogP contribution in [0.5, 0.6) is 0 Å². The van der Waals surface area contributed by atoms with Crippen LogP contribution in [-0.2, 0) is 6.18 Å². The highest BCUT2D eigenvalue weighted by Gasteiger charge is 2.34. The number of halogens is 4. The van der Waals surface area contributed by atoms with E-state index in [1.807, 2.05) is 0 Å². The van der Waals surface area contributed by atoms with Crippen molar-refractivity contribution in [2.75, 3.05) is 18.0 Å². The molecule has 0 bridgehead atoms. The average molecular weight is 445 g/mol. The summed E-state index contributed by atoms with van der Waals surface area (Å²) in [7, 11) is 0. The fourth-order valence-electron chi connectivity index (χ4n) is 4.22. The maximum Gasteiger partial charge on any atom is 0.419 e. The van der Waals surface area contributed by atoms with E-state index in [1.165, 1.54) is 12.4 Å². The third-order valence-electron chi connectivity index (χ3n) is 5.86. The molecule has 1 fully saturated rings. The molecule has 0 spiro atoms. The number of rotatable bonds is 3. The van der Waals surface area contributed by atoms with E-state index in [0.29, 0.717) is 17.0 Å². The first-order valence-electron chi connectivity index (χ1n) is 10.1. The van der Waals surface area contributed by atoms with E-state index in [-0.39, 0.29) is 11.5 Å². The molecule has 1 saturated heterocycles. The molecular formula is C21H19F4N7. The summed E-state index contributed by atoms with van der Waals surface area (Å²) in [6, 6.07) is 2.98.